The molecule has 2 aliphatic heterocycles. The van der Waals surface area contributed by atoms with Crippen molar-refractivity contribution < 1.29 is 43.5 Å². The van der Waals surface area contributed by atoms with Gasteiger partial charge in [0, 0.05) is 13.0 Å². The molecule has 17 nitrogen and oxygen atoms in total. The average molecular weight is 743 g/mol. The van der Waals surface area contributed by atoms with E-state index in [1.807, 2.05) is 13.8 Å². The van der Waals surface area contributed by atoms with Crippen molar-refractivity contribution in [2.75, 3.05) is 13.2 Å². The van der Waals surface area contributed by atoms with Crippen LogP contribution in [0.15, 0.2) is 30.3 Å². The van der Waals surface area contributed by atoms with Gasteiger partial charge in [-0.1, -0.05) is 58.0 Å². The first-order valence-electron chi connectivity index (χ1n) is 18.1. The van der Waals surface area contributed by atoms with Crippen LogP contribution in [0.5, 0.6) is 0 Å². The second-order valence-electron chi connectivity index (χ2n) is 14.5. The van der Waals surface area contributed by atoms with E-state index in [-0.39, 0.29) is 44.1 Å². The van der Waals surface area contributed by atoms with Crippen molar-refractivity contribution in [1.29, 1.82) is 0 Å². The minimum Gasteiger partial charge on any atom is -0.394 e. The van der Waals surface area contributed by atoms with Gasteiger partial charge in [-0.2, -0.15) is 0 Å². The molecular weight excluding hydrogens is 688 g/mol. The Hall–Kier alpha value is -5.06. The minimum atomic E-state index is -1.62. The van der Waals surface area contributed by atoms with E-state index in [1.165, 1.54) is 11.8 Å². The van der Waals surface area contributed by atoms with Crippen molar-refractivity contribution in [3.05, 3.63) is 35.9 Å². The molecule has 0 aliphatic carbocycles. The lowest BCUT2D eigenvalue weighted by molar-refractivity contribution is -0.143. The number of aliphatic hydroxyl groups excluding tert-OH is 1. The van der Waals surface area contributed by atoms with Gasteiger partial charge in [0.25, 0.3) is 0 Å². The first-order valence-corrected chi connectivity index (χ1v) is 18.1. The van der Waals surface area contributed by atoms with Gasteiger partial charge in [0.05, 0.1) is 13.0 Å². The Labute approximate surface area is 309 Å². The van der Waals surface area contributed by atoms with Gasteiger partial charge in [-0.25, -0.2) is 0 Å². The summed E-state index contributed by atoms with van der Waals surface area (Å²) in [5.74, 6) is -6.53. The monoisotopic (exact) mass is 742 g/mol. The van der Waals surface area contributed by atoms with Gasteiger partial charge < -0.3 is 47.6 Å². The van der Waals surface area contributed by atoms with E-state index in [2.05, 4.69) is 31.9 Å². The Morgan fingerprint density at radius 3 is 1.83 bits per heavy atom. The molecule has 0 aromatic heterocycles. The van der Waals surface area contributed by atoms with Crippen LogP contribution in [0.1, 0.15) is 72.3 Å². The molecule has 9 N–H and O–H groups in total. The molecule has 0 spiro atoms. The Balaban J connectivity index is 2.08. The Morgan fingerprint density at radius 2 is 1.23 bits per heavy atom. The van der Waals surface area contributed by atoms with E-state index in [0.29, 0.717) is 12.0 Å². The second kappa shape index (κ2) is 19.7. The zero-order valence-corrected chi connectivity index (χ0v) is 31.0. The molecular formula is C36H54N8O9. The summed E-state index contributed by atoms with van der Waals surface area (Å²) in [5, 5.41) is 25.4. The molecule has 2 heterocycles. The fourth-order valence-electron chi connectivity index (χ4n) is 6.32. The van der Waals surface area contributed by atoms with Gasteiger partial charge in [0.2, 0.25) is 47.3 Å². The quantitative estimate of drug-likeness (QED) is 0.141. The number of nitrogens with one attached hydrogen (secondary N) is 6. The number of nitrogens with two attached hydrogens (primary N) is 1. The lowest BCUT2D eigenvalue weighted by Crippen LogP contribution is -2.60. The molecule has 0 saturated carbocycles. The molecule has 2 fully saturated rings. The smallest absolute Gasteiger partial charge is 0.245 e. The van der Waals surface area contributed by atoms with Crippen molar-refractivity contribution >= 4 is 47.3 Å². The zero-order valence-electron chi connectivity index (χ0n) is 31.0. The molecule has 0 radical (unpaired) electrons. The van der Waals surface area contributed by atoms with Crippen molar-refractivity contribution in [1.82, 2.24) is 36.8 Å². The molecule has 292 valence electrons. The number of hydrogen-bond acceptors (Lipinski definition) is 9. The van der Waals surface area contributed by atoms with Crippen LogP contribution in [-0.2, 0) is 44.8 Å². The molecule has 1 aromatic carbocycles. The molecule has 0 unspecified atom stereocenters. The number of primary amides is 1. The maximum atomic E-state index is 14.0. The van der Waals surface area contributed by atoms with Crippen molar-refractivity contribution in [3.63, 3.8) is 0 Å². The normalized spacial score (nSPS) is 27.1. The predicted octanol–water partition coefficient (Wildman–Crippen LogP) is -1.88. The molecule has 0 bridgehead atoms. The number of carbonyl (C=O) groups excluding carboxylic acids is 8. The van der Waals surface area contributed by atoms with E-state index in [1.54, 1.807) is 44.2 Å². The second-order valence-corrected chi connectivity index (χ2v) is 14.5. The molecule has 53 heavy (non-hydrogen) atoms. The third-order valence-corrected chi connectivity index (χ3v) is 9.02. The summed E-state index contributed by atoms with van der Waals surface area (Å²) in [5.41, 5.74) is 6.06. The third kappa shape index (κ3) is 12.5. The maximum Gasteiger partial charge on any atom is 0.245 e. The minimum absolute atomic E-state index is 0.0339. The fourth-order valence-corrected chi connectivity index (χ4v) is 6.32. The standard InChI is InChI=1S/C36H54N8O9/c1-19(2)14-23-31(48)38-21(5)30(47)42-26(15-20(3)4)36(53)44-13-9-12-28(44)35(52)41-24(16-22-10-7-6-8-11-22)32(49)40-25(17-29(37)46)33(50)43-27(18-45)34(51)39-23/h6-8,10-11,19-21,23-28,45H,9,12-18H2,1-5H3,(H2,37,46)(H,38,48)(H,39,51)(H,40,49)(H,41,52)(H,42,47)(H,43,50)/t21-,23-,24-,25-,26-,27-,28-/m0/s1. The fraction of sp³-hybridized carbons (Fsp3) is 0.611. The van der Waals surface area contributed by atoms with Gasteiger partial charge in [-0.3, -0.25) is 38.4 Å². The third-order valence-electron chi connectivity index (χ3n) is 9.02. The number of benzene rings is 1. The van der Waals surface area contributed by atoms with Gasteiger partial charge in [0.15, 0.2) is 0 Å². The summed E-state index contributed by atoms with van der Waals surface area (Å²) in [7, 11) is 0. The summed E-state index contributed by atoms with van der Waals surface area (Å²) in [6, 6.07) is -0.220. The number of carbonyl (C=O) groups is 8. The molecule has 8 amide bonds. The van der Waals surface area contributed by atoms with Crippen LogP contribution < -0.4 is 37.6 Å². The van der Waals surface area contributed by atoms with Gasteiger partial charge in [-0.05, 0) is 50.0 Å². The highest BCUT2D eigenvalue weighted by molar-refractivity contribution is 5.99. The number of fused-ring (bicyclic) bond motifs is 1. The largest absolute Gasteiger partial charge is 0.394 e. The van der Waals surface area contributed by atoms with Crippen LogP contribution >= 0.6 is 0 Å². The van der Waals surface area contributed by atoms with Gasteiger partial charge in [-0.15, -0.1) is 0 Å². The number of aliphatic hydroxyl groups is 1. The Bertz CT molecular complexity index is 1500. The topological polar surface area (TPSA) is 258 Å². The van der Waals surface area contributed by atoms with Gasteiger partial charge >= 0.3 is 0 Å². The maximum absolute atomic E-state index is 14.0. The van der Waals surface area contributed by atoms with Crippen LogP contribution in [0.25, 0.3) is 0 Å². The Morgan fingerprint density at radius 1 is 0.717 bits per heavy atom. The number of hydrogen-bond donors (Lipinski definition) is 8. The predicted molar refractivity (Wildman–Crippen MR) is 192 cm³/mol. The molecule has 2 saturated heterocycles. The van der Waals surface area contributed by atoms with Crippen molar-refractivity contribution in [2.24, 2.45) is 17.6 Å². The summed E-state index contributed by atoms with van der Waals surface area (Å²) < 4.78 is 0. The molecule has 1 aromatic rings. The summed E-state index contributed by atoms with van der Waals surface area (Å²) in [6.07, 6.45) is 0.374. The summed E-state index contributed by atoms with van der Waals surface area (Å²) >= 11 is 0. The summed E-state index contributed by atoms with van der Waals surface area (Å²) in [4.78, 5) is 109. The molecule has 17 heteroatoms. The number of amides is 8. The zero-order chi connectivity index (χ0) is 39.4. The molecule has 3 rings (SSSR count). The van der Waals surface area contributed by atoms with E-state index in [0.717, 1.165) is 0 Å². The van der Waals surface area contributed by atoms with E-state index >= 15 is 0 Å². The average Bonchev–Trinajstić information content (AvgIpc) is 3.58. The SMILES string of the molecule is CC(C)C[C@@H]1NC(=O)[C@H](CO)NC(=O)[C@H](CC(N)=O)NC(=O)[C@H](Cc2ccccc2)NC(=O)[C@@H]2CCCN2C(=O)[C@H](CC(C)C)NC(=O)[C@H](C)NC1=O. The summed E-state index contributed by atoms with van der Waals surface area (Å²) in [6.45, 7) is 8.06. The number of nitrogens with zero attached hydrogens (tertiary/aromatic N) is 1. The van der Waals surface area contributed by atoms with Crippen molar-refractivity contribution in [3.8, 4) is 0 Å². The Kier molecular flexibility index (Phi) is 15.7. The highest BCUT2D eigenvalue weighted by atomic mass is 16.3. The lowest BCUT2D eigenvalue weighted by Gasteiger charge is -2.31. The van der Waals surface area contributed by atoms with Crippen molar-refractivity contribution in [2.45, 2.75) is 115 Å². The molecule has 2 aliphatic rings. The molecule has 7 atom stereocenters. The lowest BCUT2D eigenvalue weighted by atomic mass is 10.0. The van der Waals surface area contributed by atoms with Crippen LogP contribution in [0, 0.1) is 11.8 Å². The van der Waals surface area contributed by atoms with E-state index in [9.17, 15) is 43.5 Å². The number of rotatable bonds is 9. The highest BCUT2D eigenvalue weighted by Crippen LogP contribution is 2.21. The van der Waals surface area contributed by atoms with Crippen LogP contribution in [0.4, 0.5) is 0 Å². The van der Waals surface area contributed by atoms with Crippen LogP contribution in [0.3, 0.4) is 0 Å². The van der Waals surface area contributed by atoms with Crippen LogP contribution in [0.2, 0.25) is 0 Å². The first kappa shape index (κ1) is 42.4. The van der Waals surface area contributed by atoms with Gasteiger partial charge in [0.1, 0.15) is 42.3 Å². The van der Waals surface area contributed by atoms with E-state index in [4.69, 9.17) is 5.73 Å². The van der Waals surface area contributed by atoms with Crippen LogP contribution in [-0.4, -0.2) is 113 Å². The van der Waals surface area contributed by atoms with E-state index < -0.39 is 103 Å². The first-order chi connectivity index (χ1) is 25.0. The highest BCUT2D eigenvalue weighted by Gasteiger charge is 2.40.